The normalized spacial score (nSPS) is 19.4. The minimum atomic E-state index is -0.232. The number of aromatic nitrogens is 2. The van der Waals surface area contributed by atoms with E-state index in [0.29, 0.717) is 12.4 Å². The summed E-state index contributed by atoms with van der Waals surface area (Å²) in [6, 6.07) is 9.55. The van der Waals surface area contributed by atoms with Crippen molar-refractivity contribution in [1.82, 2.24) is 15.4 Å². The van der Waals surface area contributed by atoms with Crippen molar-refractivity contribution < 1.29 is 9.53 Å². The second-order valence-electron chi connectivity index (χ2n) is 6.78. The first kappa shape index (κ1) is 16.6. The Kier molecular flexibility index (Phi) is 4.11. The third-order valence-electron chi connectivity index (χ3n) is 4.86. The van der Waals surface area contributed by atoms with Crippen LogP contribution in [0, 0.1) is 13.8 Å². The Labute approximate surface area is 152 Å². The lowest BCUT2D eigenvalue weighted by Gasteiger charge is -2.27. The van der Waals surface area contributed by atoms with E-state index in [0.717, 1.165) is 46.8 Å². The van der Waals surface area contributed by atoms with Gasteiger partial charge in [0.05, 0.1) is 7.11 Å². The van der Waals surface area contributed by atoms with Crippen LogP contribution < -0.4 is 15.2 Å². The second kappa shape index (κ2) is 6.44. The summed E-state index contributed by atoms with van der Waals surface area (Å²) < 4.78 is 5.27. The van der Waals surface area contributed by atoms with Gasteiger partial charge in [-0.05, 0) is 50.5 Å². The molecule has 26 heavy (non-hydrogen) atoms. The number of hydrogen-bond acceptors (Lipinski definition) is 6. The van der Waals surface area contributed by atoms with Crippen LogP contribution in [0.5, 0.6) is 5.75 Å². The molecule has 2 aliphatic rings. The first-order valence-corrected chi connectivity index (χ1v) is 8.85. The molecule has 1 atom stereocenters. The Hall–Kier alpha value is -2.89. The number of Topliss-reactive ketones (excluding diaryl/α,β-unsaturated/α-hetero) is 1. The van der Waals surface area contributed by atoms with Crippen molar-refractivity contribution in [2.45, 2.75) is 39.2 Å². The molecule has 0 bridgehead atoms. The van der Waals surface area contributed by atoms with Crippen LogP contribution in [0.4, 0.5) is 5.95 Å². The van der Waals surface area contributed by atoms with Gasteiger partial charge in [0.1, 0.15) is 11.8 Å². The molecule has 1 unspecified atom stereocenters. The van der Waals surface area contributed by atoms with Gasteiger partial charge in [0.25, 0.3) is 0 Å². The fraction of sp³-hybridized carbons (Fsp3) is 0.350. The van der Waals surface area contributed by atoms with E-state index in [1.165, 1.54) is 0 Å². The van der Waals surface area contributed by atoms with Crippen LogP contribution in [0.1, 0.15) is 42.3 Å². The number of aryl methyl sites for hydroxylation is 2. The zero-order valence-electron chi connectivity index (χ0n) is 15.2. The smallest absolute Gasteiger partial charge is 0.245 e. The van der Waals surface area contributed by atoms with E-state index in [2.05, 4.69) is 15.4 Å². The Morgan fingerprint density at radius 3 is 2.46 bits per heavy atom. The number of ether oxygens (including phenoxy) is 1. The van der Waals surface area contributed by atoms with Gasteiger partial charge in [-0.3, -0.25) is 10.2 Å². The van der Waals surface area contributed by atoms with Gasteiger partial charge in [-0.2, -0.15) is 0 Å². The molecule has 2 heterocycles. The monoisotopic (exact) mass is 350 g/mol. The molecular formula is C20H22N4O2. The number of nitrogens with one attached hydrogen (secondary N) is 1. The van der Waals surface area contributed by atoms with Gasteiger partial charge in [0.2, 0.25) is 5.95 Å². The maximum absolute atomic E-state index is 12.7. The van der Waals surface area contributed by atoms with Gasteiger partial charge in [-0.15, -0.1) is 0 Å². The summed E-state index contributed by atoms with van der Waals surface area (Å²) in [5.74, 6) is 1.58. The summed E-state index contributed by atoms with van der Waals surface area (Å²) in [5, 5.41) is 1.93. The van der Waals surface area contributed by atoms with Gasteiger partial charge < -0.3 is 4.74 Å². The van der Waals surface area contributed by atoms with Crippen LogP contribution in [0.15, 0.2) is 41.6 Å². The van der Waals surface area contributed by atoms with Crippen LogP contribution in [0.2, 0.25) is 0 Å². The lowest BCUT2D eigenvalue weighted by molar-refractivity contribution is -0.116. The van der Waals surface area contributed by atoms with E-state index in [1.54, 1.807) is 7.11 Å². The molecule has 0 amide bonds. The minimum absolute atomic E-state index is 0.200. The maximum Gasteiger partial charge on any atom is 0.245 e. The number of benzene rings is 1. The van der Waals surface area contributed by atoms with Crippen molar-refractivity contribution >= 4 is 11.7 Å². The molecule has 1 aliphatic heterocycles. The van der Waals surface area contributed by atoms with Gasteiger partial charge in [0, 0.05) is 29.1 Å². The van der Waals surface area contributed by atoms with E-state index in [-0.39, 0.29) is 11.8 Å². The first-order chi connectivity index (χ1) is 12.6. The number of rotatable bonds is 3. The Morgan fingerprint density at radius 2 is 1.81 bits per heavy atom. The summed E-state index contributed by atoms with van der Waals surface area (Å²) in [6.07, 6.45) is 2.34. The average Bonchev–Trinajstić information content (AvgIpc) is 3.02. The third-order valence-corrected chi connectivity index (χ3v) is 4.86. The van der Waals surface area contributed by atoms with Crippen molar-refractivity contribution in [2.75, 3.05) is 12.1 Å². The zero-order valence-corrected chi connectivity index (χ0v) is 15.2. The largest absolute Gasteiger partial charge is 0.497 e. The van der Waals surface area contributed by atoms with Crippen molar-refractivity contribution in [3.05, 3.63) is 58.6 Å². The van der Waals surface area contributed by atoms with Crippen molar-refractivity contribution in [3.63, 3.8) is 0 Å². The summed E-state index contributed by atoms with van der Waals surface area (Å²) in [4.78, 5) is 21.9. The zero-order chi connectivity index (χ0) is 18.3. The number of carbonyl (C=O) groups is 1. The third kappa shape index (κ3) is 2.81. The van der Waals surface area contributed by atoms with Crippen molar-refractivity contribution in [2.24, 2.45) is 0 Å². The van der Waals surface area contributed by atoms with E-state index in [4.69, 9.17) is 4.74 Å². The quantitative estimate of drug-likeness (QED) is 0.917. The molecular weight excluding hydrogens is 328 g/mol. The Bertz CT molecular complexity index is 869. The number of nitrogens with zero attached hydrogens (tertiary/aromatic N) is 3. The minimum Gasteiger partial charge on any atom is -0.497 e. The van der Waals surface area contributed by atoms with Crippen LogP contribution in [0.25, 0.3) is 0 Å². The SMILES string of the molecule is COc1ccc(C2C3=C(CCCC3=O)NN2c2nc(C)cc(C)n2)cc1. The Balaban J connectivity index is 1.81. The number of allylic oxidation sites excluding steroid dienone is 1. The molecule has 1 N–H and O–H groups in total. The molecule has 0 saturated carbocycles. The molecule has 134 valence electrons. The molecule has 0 saturated heterocycles. The predicted molar refractivity (Wildman–Crippen MR) is 98.7 cm³/mol. The predicted octanol–water partition coefficient (Wildman–Crippen LogP) is 3.18. The van der Waals surface area contributed by atoms with E-state index >= 15 is 0 Å². The molecule has 6 nitrogen and oxygen atoms in total. The van der Waals surface area contributed by atoms with Crippen LogP contribution in [0.3, 0.4) is 0 Å². The van der Waals surface area contributed by atoms with Gasteiger partial charge in [0.15, 0.2) is 5.78 Å². The molecule has 6 heteroatoms. The number of anilines is 1. The lowest BCUT2D eigenvalue weighted by atomic mass is 9.88. The number of methoxy groups -OCH3 is 1. The molecule has 0 fully saturated rings. The van der Waals surface area contributed by atoms with Crippen molar-refractivity contribution in [3.8, 4) is 5.75 Å². The molecule has 4 rings (SSSR count). The molecule has 1 aromatic carbocycles. The number of hydrazine groups is 1. The highest BCUT2D eigenvalue weighted by Crippen LogP contribution is 2.41. The molecule has 0 radical (unpaired) electrons. The van der Waals surface area contributed by atoms with E-state index in [1.807, 2.05) is 49.2 Å². The second-order valence-corrected chi connectivity index (χ2v) is 6.78. The van der Waals surface area contributed by atoms with Crippen LogP contribution >= 0.6 is 0 Å². The first-order valence-electron chi connectivity index (χ1n) is 8.85. The standard InChI is InChI=1S/C20H22N4O2/c1-12-11-13(2)22-20(21-12)24-19(14-7-9-15(26-3)10-8-14)18-16(23-24)5-4-6-17(18)25/h7-11,19,23H,4-6H2,1-3H3. The summed E-state index contributed by atoms with van der Waals surface area (Å²) >= 11 is 0. The Morgan fingerprint density at radius 1 is 1.12 bits per heavy atom. The number of carbonyl (C=O) groups excluding carboxylic acids is 1. The number of ketones is 1. The highest BCUT2D eigenvalue weighted by molar-refractivity contribution is 5.99. The topological polar surface area (TPSA) is 67.3 Å². The molecule has 0 spiro atoms. The highest BCUT2D eigenvalue weighted by Gasteiger charge is 2.40. The number of hydrogen-bond donors (Lipinski definition) is 1. The van der Waals surface area contributed by atoms with E-state index < -0.39 is 0 Å². The van der Waals surface area contributed by atoms with E-state index in [9.17, 15) is 4.79 Å². The average molecular weight is 350 g/mol. The fourth-order valence-electron chi connectivity index (χ4n) is 3.72. The maximum atomic E-state index is 12.7. The summed E-state index contributed by atoms with van der Waals surface area (Å²) in [6.45, 7) is 3.91. The summed E-state index contributed by atoms with van der Waals surface area (Å²) in [7, 11) is 1.65. The molecule has 1 aromatic heterocycles. The van der Waals surface area contributed by atoms with Gasteiger partial charge >= 0.3 is 0 Å². The van der Waals surface area contributed by atoms with Gasteiger partial charge in [-0.25, -0.2) is 15.0 Å². The lowest BCUT2D eigenvalue weighted by Crippen LogP contribution is -2.36. The van der Waals surface area contributed by atoms with Crippen LogP contribution in [-0.2, 0) is 4.79 Å². The summed E-state index contributed by atoms with van der Waals surface area (Å²) in [5.41, 5.74) is 8.05. The van der Waals surface area contributed by atoms with Crippen LogP contribution in [-0.4, -0.2) is 22.9 Å². The molecule has 2 aromatic rings. The molecule has 1 aliphatic carbocycles. The van der Waals surface area contributed by atoms with Crippen molar-refractivity contribution in [1.29, 1.82) is 0 Å². The highest BCUT2D eigenvalue weighted by atomic mass is 16.5. The van der Waals surface area contributed by atoms with Gasteiger partial charge in [-0.1, -0.05) is 12.1 Å². The fourth-order valence-corrected chi connectivity index (χ4v) is 3.72.